The summed E-state index contributed by atoms with van der Waals surface area (Å²) in [5, 5.41) is 12.3. The number of hydrogen-bond acceptors (Lipinski definition) is 7. The van der Waals surface area contributed by atoms with Gasteiger partial charge in [0.25, 0.3) is 0 Å². The van der Waals surface area contributed by atoms with Gasteiger partial charge in [0, 0.05) is 41.3 Å². The van der Waals surface area contributed by atoms with Crippen LogP contribution < -0.4 is 0 Å². The van der Waals surface area contributed by atoms with Crippen LogP contribution >= 0.6 is 23.1 Å². The molecule has 2 aliphatic carbocycles. The highest BCUT2D eigenvalue weighted by atomic mass is 32.2. The van der Waals surface area contributed by atoms with Crippen molar-refractivity contribution in [3.63, 3.8) is 0 Å². The van der Waals surface area contributed by atoms with Gasteiger partial charge in [-0.3, -0.25) is 4.79 Å². The summed E-state index contributed by atoms with van der Waals surface area (Å²) >= 11 is 3.43. The number of hydrogen-bond donors (Lipinski definition) is 1. The number of aromatic nitrogens is 1. The molecule has 0 radical (unpaired) electrons. The molecule has 4 rings (SSSR count). The molecule has 1 amide bonds. The monoisotopic (exact) mass is 528 g/mol. The maximum absolute atomic E-state index is 13.2. The lowest BCUT2D eigenvalue weighted by molar-refractivity contribution is -0.144. The number of aliphatic hydroxyl groups is 1. The molecule has 6 unspecified atom stereocenters. The molecule has 6 atom stereocenters. The van der Waals surface area contributed by atoms with Gasteiger partial charge in [0.15, 0.2) is 9.84 Å². The second kappa shape index (κ2) is 9.34. The number of amides is 1. The molecule has 1 N–H and O–H groups in total. The first kappa shape index (κ1) is 26.4. The van der Waals surface area contributed by atoms with Crippen molar-refractivity contribution in [1.29, 1.82) is 0 Å². The van der Waals surface area contributed by atoms with Gasteiger partial charge in [-0.25, -0.2) is 13.4 Å². The van der Waals surface area contributed by atoms with Crippen molar-refractivity contribution < 1.29 is 18.3 Å². The minimum absolute atomic E-state index is 0.0140. The topological polar surface area (TPSA) is 87.6 Å². The zero-order chi connectivity index (χ0) is 25.1. The highest BCUT2D eigenvalue weighted by Gasteiger charge is 2.54. The molecule has 3 aliphatic rings. The average molecular weight is 529 g/mol. The van der Waals surface area contributed by atoms with Crippen molar-refractivity contribution in [2.75, 3.05) is 24.6 Å². The van der Waals surface area contributed by atoms with Crippen LogP contribution in [0.3, 0.4) is 0 Å². The van der Waals surface area contributed by atoms with E-state index < -0.39 is 20.7 Å². The van der Waals surface area contributed by atoms with E-state index in [1.807, 2.05) is 23.6 Å². The molecule has 2 heterocycles. The Morgan fingerprint density at radius 1 is 1.29 bits per heavy atom. The number of fused-ring (bicyclic) bond motifs is 2. The third-order valence-corrected chi connectivity index (χ3v) is 13.3. The normalized spacial score (nSPS) is 33.2. The van der Waals surface area contributed by atoms with Gasteiger partial charge in [-0.1, -0.05) is 20.8 Å². The van der Waals surface area contributed by atoms with Crippen molar-refractivity contribution in [2.24, 2.45) is 23.2 Å². The van der Waals surface area contributed by atoms with Gasteiger partial charge < -0.3 is 10.0 Å². The predicted octanol–water partition coefficient (Wildman–Crippen LogP) is 4.12. The van der Waals surface area contributed by atoms with Crippen LogP contribution in [0.15, 0.2) is 0 Å². The van der Waals surface area contributed by atoms with Gasteiger partial charge >= 0.3 is 0 Å². The minimum atomic E-state index is -3.30. The Morgan fingerprint density at radius 3 is 2.56 bits per heavy atom. The summed E-state index contributed by atoms with van der Waals surface area (Å²) in [6.07, 6.45) is 2.06. The molecular formula is C25H40N2O4S3. The molecule has 2 fully saturated rings. The van der Waals surface area contributed by atoms with E-state index in [0.717, 1.165) is 49.6 Å². The molecule has 1 saturated carbocycles. The molecule has 0 spiro atoms. The van der Waals surface area contributed by atoms with Crippen LogP contribution in [0.4, 0.5) is 0 Å². The molecule has 0 bridgehead atoms. The number of thiazole rings is 1. The molecular weight excluding hydrogens is 488 g/mol. The number of carbonyl (C=O) groups excluding carboxylic acids is 1. The van der Waals surface area contributed by atoms with E-state index >= 15 is 0 Å². The first-order valence-corrected chi connectivity index (χ1v) is 16.1. The Labute approximate surface area is 213 Å². The number of carbonyl (C=O) groups is 1. The number of thioether (sulfide) groups is 1. The van der Waals surface area contributed by atoms with Gasteiger partial charge in [-0.05, 0) is 57.3 Å². The maximum Gasteiger partial charge on any atom is 0.225 e. The summed E-state index contributed by atoms with van der Waals surface area (Å²) in [5.41, 5.74) is 0.887. The highest BCUT2D eigenvalue weighted by Crippen LogP contribution is 2.57. The Hall–Kier alpha value is -0.640. The number of aliphatic hydroxyl groups excluding tert-OH is 1. The van der Waals surface area contributed by atoms with Crippen LogP contribution in [0.25, 0.3) is 0 Å². The quantitative estimate of drug-likeness (QED) is 0.633. The molecule has 1 aliphatic heterocycles. The van der Waals surface area contributed by atoms with Crippen LogP contribution in [-0.2, 0) is 26.8 Å². The third-order valence-electron chi connectivity index (χ3n) is 8.57. The largest absolute Gasteiger partial charge is 0.392 e. The Morgan fingerprint density at radius 2 is 1.94 bits per heavy atom. The first-order valence-electron chi connectivity index (χ1n) is 12.5. The first-order chi connectivity index (χ1) is 15.7. The van der Waals surface area contributed by atoms with Crippen LogP contribution in [-0.4, -0.2) is 64.8 Å². The Kier molecular flexibility index (Phi) is 7.26. The summed E-state index contributed by atoms with van der Waals surface area (Å²) in [6.45, 7) is 13.2. The molecule has 0 aromatic carbocycles. The number of sulfone groups is 1. The molecule has 192 valence electrons. The smallest absolute Gasteiger partial charge is 0.225 e. The van der Waals surface area contributed by atoms with E-state index in [4.69, 9.17) is 4.98 Å². The highest BCUT2D eigenvalue weighted by molar-refractivity contribution is 7.99. The van der Waals surface area contributed by atoms with Crippen LogP contribution in [0.2, 0.25) is 0 Å². The maximum atomic E-state index is 13.2. The van der Waals surface area contributed by atoms with E-state index in [1.165, 1.54) is 16.2 Å². The number of nitrogens with zero attached hydrogens (tertiary/aromatic N) is 2. The molecule has 1 aromatic heterocycles. The minimum Gasteiger partial charge on any atom is -0.392 e. The second-order valence-electron chi connectivity index (χ2n) is 11.9. The van der Waals surface area contributed by atoms with Crippen LogP contribution in [0.1, 0.15) is 75.9 Å². The van der Waals surface area contributed by atoms with Crippen molar-refractivity contribution in [3.8, 4) is 0 Å². The Bertz CT molecular complexity index is 1030. The SMILES string of the molecule is CC(C(=O)N1CCSCC1)C1CCC2(C)Cc3sc(CS(=O)(=O)C(C)(C)C)nc3C(C)C2C1O. The second-order valence-corrected chi connectivity index (χ2v) is 17.0. The average Bonchev–Trinajstić information content (AvgIpc) is 3.14. The third kappa shape index (κ3) is 4.71. The van der Waals surface area contributed by atoms with E-state index in [2.05, 4.69) is 13.8 Å². The van der Waals surface area contributed by atoms with Gasteiger partial charge in [0.05, 0.1) is 16.5 Å². The van der Waals surface area contributed by atoms with Crippen molar-refractivity contribution in [2.45, 2.75) is 83.3 Å². The molecule has 1 aromatic rings. The summed E-state index contributed by atoms with van der Waals surface area (Å²) in [5.74, 6) is 1.92. The predicted molar refractivity (Wildman–Crippen MR) is 140 cm³/mol. The summed E-state index contributed by atoms with van der Waals surface area (Å²) in [6, 6.07) is 0. The Balaban J connectivity index is 1.56. The zero-order valence-electron chi connectivity index (χ0n) is 21.3. The summed E-state index contributed by atoms with van der Waals surface area (Å²) < 4.78 is 24.8. The molecule has 1 saturated heterocycles. The fourth-order valence-corrected chi connectivity index (χ4v) is 9.89. The van der Waals surface area contributed by atoms with Crippen molar-refractivity contribution in [1.82, 2.24) is 9.88 Å². The lowest BCUT2D eigenvalue weighted by atomic mass is 9.53. The molecule has 9 heteroatoms. The van der Waals surface area contributed by atoms with E-state index in [-0.39, 0.29) is 40.7 Å². The molecule has 34 heavy (non-hydrogen) atoms. The summed E-state index contributed by atoms with van der Waals surface area (Å²) in [7, 11) is -3.30. The van der Waals surface area contributed by atoms with Gasteiger partial charge in [0.2, 0.25) is 5.91 Å². The fraction of sp³-hybridized carbons (Fsp3) is 0.840. The van der Waals surface area contributed by atoms with E-state index in [9.17, 15) is 18.3 Å². The standard InChI is InChI=1S/C25H40N2O4S3/c1-15(23(29)27-9-11-32-12-10-27)17-7-8-25(6)13-18-21(16(2)20(25)22(17)28)26-19(33-18)14-34(30,31)24(3,4)5/h15-17,20,22,28H,7-14H2,1-6H3. The van der Waals surface area contributed by atoms with Crippen molar-refractivity contribution in [3.05, 3.63) is 15.6 Å². The van der Waals surface area contributed by atoms with Crippen LogP contribution in [0, 0.1) is 23.2 Å². The fourth-order valence-electron chi connectivity index (χ4n) is 6.29. The van der Waals surface area contributed by atoms with E-state index in [1.54, 1.807) is 20.8 Å². The zero-order valence-corrected chi connectivity index (χ0v) is 23.8. The molecule has 6 nitrogen and oxygen atoms in total. The van der Waals surface area contributed by atoms with Gasteiger partial charge in [0.1, 0.15) is 10.8 Å². The number of rotatable bonds is 4. The lowest BCUT2D eigenvalue weighted by Gasteiger charge is -2.53. The van der Waals surface area contributed by atoms with Gasteiger partial charge in [-0.15, -0.1) is 11.3 Å². The lowest BCUT2D eigenvalue weighted by Crippen LogP contribution is -2.54. The van der Waals surface area contributed by atoms with Crippen LogP contribution in [0.5, 0.6) is 0 Å². The van der Waals surface area contributed by atoms with Crippen molar-refractivity contribution >= 4 is 38.8 Å². The van der Waals surface area contributed by atoms with Gasteiger partial charge in [-0.2, -0.15) is 11.8 Å². The summed E-state index contributed by atoms with van der Waals surface area (Å²) in [4.78, 5) is 21.2. The van der Waals surface area contributed by atoms with E-state index in [0.29, 0.717) is 5.01 Å².